The van der Waals surface area contributed by atoms with Crippen LogP contribution in [0.5, 0.6) is 5.75 Å². The SMILES string of the molecule is CC(=O)NS(=O)(=O)c1ccccc1O. The summed E-state index contributed by atoms with van der Waals surface area (Å²) in [5.74, 6) is -1.09. The molecule has 1 aromatic rings. The van der Waals surface area contributed by atoms with Crippen molar-refractivity contribution in [1.82, 2.24) is 4.72 Å². The highest BCUT2D eigenvalue weighted by Gasteiger charge is 2.18. The molecule has 0 unspecified atom stereocenters. The number of carbonyl (C=O) groups is 1. The molecule has 76 valence electrons. The van der Waals surface area contributed by atoms with Gasteiger partial charge in [-0.1, -0.05) is 12.1 Å². The van der Waals surface area contributed by atoms with E-state index in [1.165, 1.54) is 24.3 Å². The number of carbonyl (C=O) groups excluding carboxylic acids is 1. The number of hydrogen-bond acceptors (Lipinski definition) is 4. The lowest BCUT2D eigenvalue weighted by Gasteiger charge is -2.05. The average molecular weight is 215 g/mol. The Hall–Kier alpha value is -1.56. The van der Waals surface area contributed by atoms with Crippen LogP contribution in [0.1, 0.15) is 6.92 Å². The topological polar surface area (TPSA) is 83.5 Å². The van der Waals surface area contributed by atoms with Gasteiger partial charge < -0.3 is 5.11 Å². The van der Waals surface area contributed by atoms with Crippen molar-refractivity contribution in [1.29, 1.82) is 0 Å². The number of aromatic hydroxyl groups is 1. The molecule has 0 fully saturated rings. The van der Waals surface area contributed by atoms with Crippen LogP contribution in [0, 0.1) is 0 Å². The van der Waals surface area contributed by atoms with E-state index in [0.29, 0.717) is 0 Å². The van der Waals surface area contributed by atoms with Crippen molar-refractivity contribution in [2.24, 2.45) is 0 Å². The van der Waals surface area contributed by atoms with Crippen LogP contribution in [0.3, 0.4) is 0 Å². The minimum Gasteiger partial charge on any atom is -0.507 e. The molecule has 0 bridgehead atoms. The Labute approximate surface area is 81.4 Å². The summed E-state index contributed by atoms with van der Waals surface area (Å²) in [4.78, 5) is 10.3. The van der Waals surface area contributed by atoms with Gasteiger partial charge in [-0.2, -0.15) is 0 Å². The monoisotopic (exact) mass is 215 g/mol. The molecule has 2 N–H and O–H groups in total. The van der Waals surface area contributed by atoms with Gasteiger partial charge in [0.25, 0.3) is 10.0 Å². The normalized spacial score (nSPS) is 10.9. The number of nitrogens with one attached hydrogen (secondary N) is 1. The smallest absolute Gasteiger partial charge is 0.267 e. The first-order chi connectivity index (χ1) is 6.43. The Balaban J connectivity index is 3.17. The minimum atomic E-state index is -3.94. The van der Waals surface area contributed by atoms with Crippen LogP contribution in [-0.2, 0) is 14.8 Å². The first-order valence-corrected chi connectivity index (χ1v) is 5.23. The minimum absolute atomic E-state index is 0.310. The van der Waals surface area contributed by atoms with E-state index in [0.717, 1.165) is 6.92 Å². The number of para-hydroxylation sites is 1. The van der Waals surface area contributed by atoms with E-state index in [1.54, 1.807) is 4.72 Å². The molecule has 0 aliphatic heterocycles. The average Bonchev–Trinajstić information content (AvgIpc) is 2.02. The van der Waals surface area contributed by atoms with Crippen LogP contribution in [0.2, 0.25) is 0 Å². The first-order valence-electron chi connectivity index (χ1n) is 3.75. The van der Waals surface area contributed by atoms with Crippen molar-refractivity contribution in [3.05, 3.63) is 24.3 Å². The van der Waals surface area contributed by atoms with Crippen LogP contribution in [0.4, 0.5) is 0 Å². The predicted octanol–water partition coefficient (Wildman–Crippen LogP) is 0.217. The Bertz CT molecular complexity index is 452. The maximum Gasteiger partial charge on any atom is 0.267 e. The molecular weight excluding hydrogens is 206 g/mol. The fourth-order valence-electron chi connectivity index (χ4n) is 0.929. The molecule has 1 rings (SSSR count). The molecule has 1 aromatic carbocycles. The molecule has 0 spiro atoms. The molecule has 5 nitrogen and oxygen atoms in total. The van der Waals surface area contributed by atoms with Crippen molar-refractivity contribution in [2.45, 2.75) is 11.8 Å². The van der Waals surface area contributed by atoms with Crippen molar-refractivity contribution < 1.29 is 18.3 Å². The molecule has 14 heavy (non-hydrogen) atoms. The summed E-state index contributed by atoms with van der Waals surface area (Å²) in [5.41, 5.74) is 0. The van der Waals surface area contributed by atoms with Gasteiger partial charge in [0.15, 0.2) is 0 Å². The number of benzene rings is 1. The summed E-state index contributed by atoms with van der Waals surface area (Å²) in [6, 6.07) is 5.38. The number of hydrogen-bond donors (Lipinski definition) is 2. The fourth-order valence-corrected chi connectivity index (χ4v) is 2.02. The molecule has 6 heteroatoms. The third kappa shape index (κ3) is 2.23. The Morgan fingerprint density at radius 1 is 1.36 bits per heavy atom. The fraction of sp³-hybridized carbons (Fsp3) is 0.125. The summed E-state index contributed by atoms with van der Waals surface area (Å²) in [5, 5.41) is 9.23. The van der Waals surface area contributed by atoms with Gasteiger partial charge in [0.05, 0.1) is 0 Å². The second kappa shape index (κ2) is 3.67. The van der Waals surface area contributed by atoms with E-state index in [4.69, 9.17) is 0 Å². The quantitative estimate of drug-likeness (QED) is 0.739. The van der Waals surface area contributed by atoms with E-state index >= 15 is 0 Å². The molecular formula is C8H9NO4S. The van der Waals surface area contributed by atoms with Gasteiger partial charge in [0, 0.05) is 6.92 Å². The lowest BCUT2D eigenvalue weighted by Crippen LogP contribution is -2.28. The van der Waals surface area contributed by atoms with E-state index in [1.807, 2.05) is 0 Å². The number of rotatable bonds is 2. The number of phenolic OH excluding ortho intramolecular Hbond substituents is 1. The van der Waals surface area contributed by atoms with Gasteiger partial charge in [0.1, 0.15) is 10.6 Å². The van der Waals surface area contributed by atoms with Crippen LogP contribution >= 0.6 is 0 Å². The van der Waals surface area contributed by atoms with E-state index < -0.39 is 15.9 Å². The zero-order chi connectivity index (χ0) is 10.8. The zero-order valence-electron chi connectivity index (χ0n) is 7.39. The molecule has 0 aliphatic rings. The maximum absolute atomic E-state index is 11.4. The number of sulfonamides is 1. The molecule has 1 amide bonds. The Morgan fingerprint density at radius 3 is 2.43 bits per heavy atom. The molecule has 0 saturated heterocycles. The molecule has 0 aliphatic carbocycles. The highest BCUT2D eigenvalue weighted by Crippen LogP contribution is 2.20. The molecule has 0 radical (unpaired) electrons. The van der Waals surface area contributed by atoms with Crippen molar-refractivity contribution in [2.75, 3.05) is 0 Å². The van der Waals surface area contributed by atoms with Gasteiger partial charge in [-0.25, -0.2) is 13.1 Å². The van der Waals surface area contributed by atoms with Crippen molar-refractivity contribution in [3.8, 4) is 5.75 Å². The zero-order valence-corrected chi connectivity index (χ0v) is 8.21. The second-order valence-corrected chi connectivity index (χ2v) is 4.28. The van der Waals surface area contributed by atoms with Crippen LogP contribution in [-0.4, -0.2) is 19.4 Å². The lowest BCUT2D eigenvalue weighted by molar-refractivity contribution is -0.117. The lowest BCUT2D eigenvalue weighted by atomic mass is 10.3. The highest BCUT2D eigenvalue weighted by molar-refractivity contribution is 7.90. The molecule has 0 heterocycles. The summed E-state index contributed by atoms with van der Waals surface area (Å²) in [6.07, 6.45) is 0. The van der Waals surface area contributed by atoms with E-state index in [2.05, 4.69) is 0 Å². The highest BCUT2D eigenvalue weighted by atomic mass is 32.2. The summed E-state index contributed by atoms with van der Waals surface area (Å²) in [7, 11) is -3.94. The van der Waals surface area contributed by atoms with Crippen LogP contribution in [0.15, 0.2) is 29.2 Å². The largest absolute Gasteiger partial charge is 0.507 e. The summed E-state index contributed by atoms with van der Waals surface area (Å²) >= 11 is 0. The molecule has 0 atom stereocenters. The van der Waals surface area contributed by atoms with Crippen molar-refractivity contribution in [3.63, 3.8) is 0 Å². The van der Waals surface area contributed by atoms with Crippen LogP contribution in [0.25, 0.3) is 0 Å². The Morgan fingerprint density at radius 2 is 1.93 bits per heavy atom. The third-order valence-electron chi connectivity index (χ3n) is 1.43. The molecule has 0 aromatic heterocycles. The van der Waals surface area contributed by atoms with Gasteiger partial charge >= 0.3 is 0 Å². The second-order valence-electron chi connectivity index (χ2n) is 2.63. The Kier molecular flexibility index (Phi) is 2.76. The number of phenols is 1. The predicted molar refractivity (Wildman–Crippen MR) is 49.1 cm³/mol. The van der Waals surface area contributed by atoms with Crippen LogP contribution < -0.4 is 4.72 Å². The standard InChI is InChI=1S/C8H9NO4S/c1-6(10)9-14(12,13)8-5-3-2-4-7(8)11/h2-5,11H,1H3,(H,9,10). The van der Waals surface area contributed by atoms with Gasteiger partial charge in [-0.05, 0) is 12.1 Å². The van der Waals surface area contributed by atoms with E-state index in [-0.39, 0.29) is 10.6 Å². The summed E-state index contributed by atoms with van der Waals surface area (Å²) < 4.78 is 24.5. The van der Waals surface area contributed by atoms with Gasteiger partial charge in [0.2, 0.25) is 5.91 Å². The number of amides is 1. The van der Waals surface area contributed by atoms with Gasteiger partial charge in [-0.3, -0.25) is 4.79 Å². The maximum atomic E-state index is 11.4. The van der Waals surface area contributed by atoms with Gasteiger partial charge in [-0.15, -0.1) is 0 Å². The first kappa shape index (κ1) is 10.5. The van der Waals surface area contributed by atoms with E-state index in [9.17, 15) is 18.3 Å². The molecule has 0 saturated carbocycles. The third-order valence-corrected chi connectivity index (χ3v) is 2.91. The summed E-state index contributed by atoms with van der Waals surface area (Å²) in [6.45, 7) is 1.08. The van der Waals surface area contributed by atoms with Crippen molar-refractivity contribution >= 4 is 15.9 Å².